The van der Waals surface area contributed by atoms with E-state index in [1.165, 1.54) is 31.5 Å². The molecule has 160 valence electrons. The molecule has 2 heterocycles. The molecule has 0 atom stereocenters. The van der Waals surface area contributed by atoms with Crippen LogP contribution in [-0.4, -0.2) is 52.8 Å². The summed E-state index contributed by atoms with van der Waals surface area (Å²) in [5, 5.41) is 3.92. The van der Waals surface area contributed by atoms with E-state index in [1.54, 1.807) is 25.3 Å². The van der Waals surface area contributed by atoms with Crippen LogP contribution in [0.25, 0.3) is 10.9 Å². The highest BCUT2D eigenvalue weighted by Crippen LogP contribution is 2.33. The average Bonchev–Trinajstić information content (AvgIpc) is 3.12. The van der Waals surface area contributed by atoms with Crippen molar-refractivity contribution in [3.8, 4) is 5.75 Å². The summed E-state index contributed by atoms with van der Waals surface area (Å²) in [6.45, 7) is 3.33. The summed E-state index contributed by atoms with van der Waals surface area (Å²) in [5.74, 6) is 0.108. The number of benzene rings is 2. The molecule has 4 rings (SSSR count). The van der Waals surface area contributed by atoms with E-state index in [0.717, 1.165) is 35.8 Å². The summed E-state index contributed by atoms with van der Waals surface area (Å²) in [6.07, 6.45) is 1.50. The van der Waals surface area contributed by atoms with Gasteiger partial charge in [0, 0.05) is 50.4 Å². The molecule has 0 aliphatic carbocycles. The van der Waals surface area contributed by atoms with Crippen LogP contribution in [0.2, 0.25) is 0 Å². The van der Waals surface area contributed by atoms with Gasteiger partial charge < -0.3 is 19.7 Å². The van der Waals surface area contributed by atoms with E-state index in [1.807, 2.05) is 0 Å². The number of nitrogens with zero attached hydrogens (tertiary/aromatic N) is 2. The standard InChI is InChI=1S/C21H24FN3O4S/c1-28-14-15-13-25(19-11-16(22)3-5-18(15)19)30(26,27)17-4-6-21(29-2)20(12-17)24-9-7-23-8-10-24/h3-6,11-13,23H,7-10,14H2,1-2H3. The van der Waals surface area contributed by atoms with Crippen LogP contribution in [0.5, 0.6) is 5.75 Å². The molecular weight excluding hydrogens is 409 g/mol. The van der Waals surface area contributed by atoms with E-state index >= 15 is 0 Å². The van der Waals surface area contributed by atoms with E-state index in [-0.39, 0.29) is 17.0 Å². The second-order valence-corrected chi connectivity index (χ2v) is 8.94. The van der Waals surface area contributed by atoms with Crippen LogP contribution in [-0.2, 0) is 21.4 Å². The molecule has 0 spiro atoms. The van der Waals surface area contributed by atoms with Gasteiger partial charge in [0.25, 0.3) is 10.0 Å². The zero-order valence-corrected chi connectivity index (χ0v) is 17.7. The molecule has 0 saturated carbocycles. The number of anilines is 1. The Morgan fingerprint density at radius 3 is 2.57 bits per heavy atom. The number of ether oxygens (including phenoxy) is 2. The van der Waals surface area contributed by atoms with Crippen molar-refractivity contribution in [3.63, 3.8) is 0 Å². The largest absolute Gasteiger partial charge is 0.495 e. The van der Waals surface area contributed by atoms with Gasteiger partial charge in [-0.15, -0.1) is 0 Å². The van der Waals surface area contributed by atoms with Crippen LogP contribution in [0.1, 0.15) is 5.56 Å². The molecule has 1 aliphatic rings. The molecule has 2 aromatic carbocycles. The molecule has 9 heteroatoms. The van der Waals surface area contributed by atoms with Gasteiger partial charge in [-0.1, -0.05) is 0 Å². The third-order valence-electron chi connectivity index (χ3n) is 5.28. The molecule has 30 heavy (non-hydrogen) atoms. The molecule has 0 bridgehead atoms. The number of piperazine rings is 1. The molecule has 1 saturated heterocycles. The van der Waals surface area contributed by atoms with Crippen molar-refractivity contribution in [1.29, 1.82) is 0 Å². The van der Waals surface area contributed by atoms with Crippen molar-refractivity contribution in [2.24, 2.45) is 0 Å². The Hall–Kier alpha value is -2.62. The minimum absolute atomic E-state index is 0.113. The van der Waals surface area contributed by atoms with Gasteiger partial charge in [0.05, 0.1) is 29.8 Å². The maximum atomic E-state index is 13.9. The van der Waals surface area contributed by atoms with Crippen LogP contribution in [0.3, 0.4) is 0 Å². The summed E-state index contributed by atoms with van der Waals surface area (Å²) in [5.41, 5.74) is 1.67. The molecule has 1 fully saturated rings. The number of nitrogens with one attached hydrogen (secondary N) is 1. The van der Waals surface area contributed by atoms with Crippen molar-refractivity contribution in [1.82, 2.24) is 9.29 Å². The van der Waals surface area contributed by atoms with Crippen molar-refractivity contribution >= 4 is 26.6 Å². The maximum Gasteiger partial charge on any atom is 0.268 e. The fourth-order valence-electron chi connectivity index (χ4n) is 3.81. The molecular formula is C21H24FN3O4S. The van der Waals surface area contributed by atoms with Crippen LogP contribution in [0, 0.1) is 5.82 Å². The monoisotopic (exact) mass is 433 g/mol. The second-order valence-electron chi connectivity index (χ2n) is 7.12. The molecule has 0 unspecified atom stereocenters. The highest BCUT2D eigenvalue weighted by Gasteiger charge is 2.24. The Labute approximate surface area is 175 Å². The quantitative estimate of drug-likeness (QED) is 0.644. The molecule has 1 N–H and O–H groups in total. The van der Waals surface area contributed by atoms with Crippen LogP contribution in [0.15, 0.2) is 47.5 Å². The molecule has 3 aromatic rings. The van der Waals surface area contributed by atoms with E-state index < -0.39 is 15.8 Å². The van der Waals surface area contributed by atoms with Gasteiger partial charge in [-0.25, -0.2) is 16.8 Å². The topological polar surface area (TPSA) is 72.8 Å². The number of methoxy groups -OCH3 is 2. The van der Waals surface area contributed by atoms with Gasteiger partial charge in [0.1, 0.15) is 11.6 Å². The lowest BCUT2D eigenvalue weighted by atomic mass is 10.2. The fourth-order valence-corrected chi connectivity index (χ4v) is 5.21. The van der Waals surface area contributed by atoms with Crippen molar-refractivity contribution < 1.29 is 22.3 Å². The van der Waals surface area contributed by atoms with Crippen LogP contribution >= 0.6 is 0 Å². The minimum atomic E-state index is -3.97. The van der Waals surface area contributed by atoms with Crippen molar-refractivity contribution in [3.05, 3.63) is 54.0 Å². The SMILES string of the molecule is COCc1cn(S(=O)(=O)c2ccc(OC)c(N3CCNCC3)c2)c2cc(F)ccc12. The first kappa shape index (κ1) is 20.6. The first-order chi connectivity index (χ1) is 14.5. The third-order valence-corrected chi connectivity index (χ3v) is 6.95. The van der Waals surface area contributed by atoms with Gasteiger partial charge in [0.2, 0.25) is 0 Å². The Bertz CT molecular complexity index is 1170. The minimum Gasteiger partial charge on any atom is -0.495 e. The molecule has 1 aromatic heterocycles. The predicted octanol–water partition coefficient (Wildman–Crippen LogP) is 2.58. The second kappa shape index (κ2) is 8.25. The number of fused-ring (bicyclic) bond motifs is 1. The van der Waals surface area contributed by atoms with Crippen molar-refractivity contribution in [2.75, 3.05) is 45.3 Å². The Morgan fingerprint density at radius 1 is 1.10 bits per heavy atom. The summed E-state index contributed by atoms with van der Waals surface area (Å²) >= 11 is 0. The number of rotatable bonds is 6. The fraction of sp³-hybridized carbons (Fsp3) is 0.333. The van der Waals surface area contributed by atoms with Gasteiger partial charge in [-0.05, 0) is 36.4 Å². The number of halogens is 1. The zero-order valence-electron chi connectivity index (χ0n) is 16.9. The molecule has 7 nitrogen and oxygen atoms in total. The lowest BCUT2D eigenvalue weighted by Crippen LogP contribution is -2.43. The summed E-state index contributed by atoms with van der Waals surface area (Å²) in [4.78, 5) is 2.21. The molecule has 1 aliphatic heterocycles. The van der Waals surface area contributed by atoms with Crippen LogP contribution < -0.4 is 15.0 Å². The van der Waals surface area contributed by atoms with Gasteiger partial charge in [-0.3, -0.25) is 0 Å². The van der Waals surface area contributed by atoms with E-state index in [9.17, 15) is 12.8 Å². The Balaban J connectivity index is 1.85. The number of hydrogen-bond donors (Lipinski definition) is 1. The van der Waals surface area contributed by atoms with E-state index in [0.29, 0.717) is 16.7 Å². The number of hydrogen-bond acceptors (Lipinski definition) is 6. The summed E-state index contributed by atoms with van der Waals surface area (Å²) in [6, 6.07) is 8.92. The smallest absolute Gasteiger partial charge is 0.268 e. The third kappa shape index (κ3) is 3.64. The highest BCUT2D eigenvalue weighted by molar-refractivity contribution is 7.90. The van der Waals surface area contributed by atoms with Gasteiger partial charge in [-0.2, -0.15) is 0 Å². The van der Waals surface area contributed by atoms with Crippen molar-refractivity contribution in [2.45, 2.75) is 11.5 Å². The normalized spacial score (nSPS) is 15.0. The lowest BCUT2D eigenvalue weighted by molar-refractivity contribution is 0.186. The lowest BCUT2D eigenvalue weighted by Gasteiger charge is -2.30. The zero-order chi connectivity index (χ0) is 21.3. The summed E-state index contributed by atoms with van der Waals surface area (Å²) in [7, 11) is -0.873. The Kier molecular flexibility index (Phi) is 5.68. The maximum absolute atomic E-state index is 13.9. The Morgan fingerprint density at radius 2 is 1.87 bits per heavy atom. The molecule has 0 amide bonds. The number of aromatic nitrogens is 1. The summed E-state index contributed by atoms with van der Waals surface area (Å²) < 4.78 is 52.8. The molecule has 0 radical (unpaired) electrons. The first-order valence-electron chi connectivity index (χ1n) is 9.63. The van der Waals surface area contributed by atoms with Gasteiger partial charge >= 0.3 is 0 Å². The van der Waals surface area contributed by atoms with Gasteiger partial charge in [0.15, 0.2) is 0 Å². The van der Waals surface area contributed by atoms with Crippen LogP contribution in [0.4, 0.5) is 10.1 Å². The van der Waals surface area contributed by atoms with E-state index in [4.69, 9.17) is 9.47 Å². The first-order valence-corrected chi connectivity index (χ1v) is 11.1. The highest BCUT2D eigenvalue weighted by atomic mass is 32.2. The van der Waals surface area contributed by atoms with E-state index in [2.05, 4.69) is 10.2 Å². The predicted molar refractivity (Wildman–Crippen MR) is 113 cm³/mol. The average molecular weight is 434 g/mol.